The summed E-state index contributed by atoms with van der Waals surface area (Å²) in [4.78, 5) is 18.2. The Morgan fingerprint density at radius 2 is 1.96 bits per heavy atom. The molecule has 1 aromatic carbocycles. The van der Waals surface area contributed by atoms with E-state index in [0.717, 1.165) is 29.3 Å². The molecule has 0 atom stereocenters. The van der Waals surface area contributed by atoms with Gasteiger partial charge in [-0.15, -0.1) is 0 Å². The first kappa shape index (κ1) is 16.7. The monoisotopic (exact) mass is 330 g/mol. The summed E-state index contributed by atoms with van der Waals surface area (Å²) < 4.78 is 19.0. The number of carbonyl (C=O) groups excluding carboxylic acids is 1. The van der Waals surface area contributed by atoms with Crippen molar-refractivity contribution < 1.29 is 13.9 Å². The minimum absolute atomic E-state index is 0.247. The second kappa shape index (κ2) is 6.38. The highest BCUT2D eigenvalue weighted by Gasteiger charge is 2.28. The first-order chi connectivity index (χ1) is 11.3. The number of fused-ring (bicyclic) bond motifs is 1. The molecule has 1 fully saturated rings. The number of nitrogens with zero attached hydrogens (tertiary/aromatic N) is 2. The van der Waals surface area contributed by atoms with E-state index in [0.29, 0.717) is 19.0 Å². The Labute approximate surface area is 141 Å². The minimum atomic E-state index is -0.479. The summed E-state index contributed by atoms with van der Waals surface area (Å²) in [6.07, 6.45) is 3.20. The van der Waals surface area contributed by atoms with Gasteiger partial charge in [-0.05, 0) is 69.4 Å². The quantitative estimate of drug-likeness (QED) is 0.774. The lowest BCUT2D eigenvalue weighted by atomic mass is 9.87. The maximum absolute atomic E-state index is 13.6. The largest absolute Gasteiger partial charge is 0.444 e. The highest BCUT2D eigenvalue weighted by molar-refractivity contribution is 5.82. The molecular formula is C19H23FN2O2. The van der Waals surface area contributed by atoms with Crippen molar-refractivity contribution >= 4 is 17.0 Å². The van der Waals surface area contributed by atoms with E-state index in [1.54, 1.807) is 23.2 Å². The van der Waals surface area contributed by atoms with Gasteiger partial charge in [0.15, 0.2) is 0 Å². The molecule has 0 aliphatic carbocycles. The van der Waals surface area contributed by atoms with Gasteiger partial charge in [0.2, 0.25) is 0 Å². The highest BCUT2D eigenvalue weighted by Crippen LogP contribution is 2.33. The number of hydrogen-bond acceptors (Lipinski definition) is 3. The third kappa shape index (κ3) is 3.66. The molecule has 2 aromatic rings. The second-order valence-corrected chi connectivity index (χ2v) is 7.30. The van der Waals surface area contributed by atoms with Crippen LogP contribution >= 0.6 is 0 Å². The Kier molecular flexibility index (Phi) is 4.43. The molecular weight excluding hydrogens is 307 g/mol. The molecule has 128 valence electrons. The normalized spacial score (nSPS) is 16.4. The number of halogens is 1. The molecule has 0 saturated carbocycles. The Bertz CT molecular complexity index is 747. The van der Waals surface area contributed by atoms with E-state index in [1.165, 1.54) is 6.07 Å². The number of aromatic nitrogens is 1. The molecule has 1 saturated heterocycles. The van der Waals surface area contributed by atoms with Crippen molar-refractivity contribution in [3.8, 4) is 0 Å². The molecule has 24 heavy (non-hydrogen) atoms. The molecule has 0 bridgehead atoms. The number of likely N-dealkylation sites (tertiary alicyclic amines) is 1. The lowest BCUT2D eigenvalue weighted by molar-refractivity contribution is 0.0205. The fraction of sp³-hybridized carbons (Fsp3) is 0.474. The van der Waals surface area contributed by atoms with Crippen LogP contribution in [0.15, 0.2) is 30.5 Å². The molecule has 5 heteroatoms. The van der Waals surface area contributed by atoms with E-state index in [4.69, 9.17) is 4.74 Å². The van der Waals surface area contributed by atoms with Crippen molar-refractivity contribution in [1.29, 1.82) is 0 Å². The molecule has 3 rings (SSSR count). The van der Waals surface area contributed by atoms with Crippen molar-refractivity contribution in [1.82, 2.24) is 9.88 Å². The Morgan fingerprint density at radius 3 is 2.62 bits per heavy atom. The zero-order valence-corrected chi connectivity index (χ0v) is 14.4. The van der Waals surface area contributed by atoms with Crippen LogP contribution in [-0.4, -0.2) is 34.7 Å². The van der Waals surface area contributed by atoms with E-state index in [2.05, 4.69) is 4.98 Å². The van der Waals surface area contributed by atoms with Gasteiger partial charge in [-0.1, -0.05) is 0 Å². The summed E-state index contributed by atoms with van der Waals surface area (Å²) in [7, 11) is 0. The van der Waals surface area contributed by atoms with Gasteiger partial charge in [0.05, 0.1) is 5.52 Å². The van der Waals surface area contributed by atoms with Gasteiger partial charge < -0.3 is 9.64 Å². The van der Waals surface area contributed by atoms with Gasteiger partial charge in [0, 0.05) is 24.7 Å². The van der Waals surface area contributed by atoms with E-state index in [1.807, 2.05) is 26.8 Å². The summed E-state index contributed by atoms with van der Waals surface area (Å²) in [5, 5.41) is 0.869. The number of carbonyl (C=O) groups is 1. The molecule has 0 spiro atoms. The molecule has 0 radical (unpaired) electrons. The maximum Gasteiger partial charge on any atom is 0.410 e. The van der Waals surface area contributed by atoms with Crippen LogP contribution in [-0.2, 0) is 4.74 Å². The van der Waals surface area contributed by atoms with Crippen LogP contribution < -0.4 is 0 Å². The standard InChI is InChI=1S/C19H23FN2O2/c1-19(2,3)24-18(23)22-10-7-13(8-11-22)15-6-9-21-17-5-4-14(20)12-16(15)17/h4-6,9,12-13H,7-8,10-11H2,1-3H3. The smallest absolute Gasteiger partial charge is 0.410 e. The van der Waals surface area contributed by atoms with E-state index in [9.17, 15) is 9.18 Å². The number of benzene rings is 1. The number of piperidine rings is 1. The van der Waals surface area contributed by atoms with Gasteiger partial charge in [-0.25, -0.2) is 9.18 Å². The minimum Gasteiger partial charge on any atom is -0.444 e. The van der Waals surface area contributed by atoms with Gasteiger partial charge in [-0.2, -0.15) is 0 Å². The van der Waals surface area contributed by atoms with Gasteiger partial charge in [0.1, 0.15) is 11.4 Å². The van der Waals surface area contributed by atoms with Crippen molar-refractivity contribution in [3.63, 3.8) is 0 Å². The summed E-state index contributed by atoms with van der Waals surface area (Å²) >= 11 is 0. The Balaban J connectivity index is 1.73. The molecule has 1 amide bonds. The number of ether oxygens (including phenoxy) is 1. The Hall–Kier alpha value is -2.17. The average Bonchev–Trinajstić information content (AvgIpc) is 2.53. The molecule has 1 aliphatic rings. The summed E-state index contributed by atoms with van der Waals surface area (Å²) in [5.41, 5.74) is 1.44. The van der Waals surface area contributed by atoms with Gasteiger partial charge in [0.25, 0.3) is 0 Å². The van der Waals surface area contributed by atoms with Crippen LogP contribution in [0.3, 0.4) is 0 Å². The first-order valence-corrected chi connectivity index (χ1v) is 8.35. The third-order valence-corrected chi connectivity index (χ3v) is 4.32. The van der Waals surface area contributed by atoms with Crippen LogP contribution in [0.25, 0.3) is 10.9 Å². The van der Waals surface area contributed by atoms with E-state index < -0.39 is 5.60 Å². The summed E-state index contributed by atoms with van der Waals surface area (Å²) in [5.74, 6) is 0.0546. The number of rotatable bonds is 1. The van der Waals surface area contributed by atoms with E-state index >= 15 is 0 Å². The summed E-state index contributed by atoms with van der Waals surface area (Å²) in [6.45, 7) is 6.91. The molecule has 1 aromatic heterocycles. The predicted molar refractivity (Wildman–Crippen MR) is 91.5 cm³/mol. The van der Waals surface area contributed by atoms with Crippen molar-refractivity contribution in [2.24, 2.45) is 0 Å². The van der Waals surface area contributed by atoms with Crippen molar-refractivity contribution in [3.05, 3.63) is 41.8 Å². The maximum atomic E-state index is 13.6. The fourth-order valence-corrected chi connectivity index (χ4v) is 3.20. The lowest BCUT2D eigenvalue weighted by Crippen LogP contribution is -2.41. The van der Waals surface area contributed by atoms with Crippen LogP contribution in [0.2, 0.25) is 0 Å². The topological polar surface area (TPSA) is 42.4 Å². The molecule has 1 aliphatic heterocycles. The second-order valence-electron chi connectivity index (χ2n) is 7.30. The average molecular weight is 330 g/mol. The van der Waals surface area contributed by atoms with Gasteiger partial charge in [-0.3, -0.25) is 4.98 Å². The molecule has 2 heterocycles. The van der Waals surface area contributed by atoms with Crippen LogP contribution in [0.5, 0.6) is 0 Å². The molecule has 4 nitrogen and oxygen atoms in total. The number of hydrogen-bond donors (Lipinski definition) is 0. The molecule has 0 N–H and O–H groups in total. The van der Waals surface area contributed by atoms with Gasteiger partial charge >= 0.3 is 6.09 Å². The third-order valence-electron chi connectivity index (χ3n) is 4.32. The number of pyridine rings is 1. The number of amides is 1. The predicted octanol–water partition coefficient (Wildman–Crippen LogP) is 4.49. The molecule has 0 unspecified atom stereocenters. The fourth-order valence-electron chi connectivity index (χ4n) is 3.20. The van der Waals surface area contributed by atoms with Crippen molar-refractivity contribution in [2.75, 3.05) is 13.1 Å². The van der Waals surface area contributed by atoms with E-state index in [-0.39, 0.29) is 11.9 Å². The van der Waals surface area contributed by atoms with Crippen LogP contribution in [0, 0.1) is 5.82 Å². The zero-order chi connectivity index (χ0) is 17.3. The highest BCUT2D eigenvalue weighted by atomic mass is 19.1. The SMILES string of the molecule is CC(C)(C)OC(=O)N1CCC(c2ccnc3ccc(F)cc23)CC1. The zero-order valence-electron chi connectivity index (χ0n) is 14.4. The van der Waals surface area contributed by atoms with Crippen LogP contribution in [0.4, 0.5) is 9.18 Å². The lowest BCUT2D eigenvalue weighted by Gasteiger charge is -2.33. The van der Waals surface area contributed by atoms with Crippen molar-refractivity contribution in [2.45, 2.75) is 45.1 Å². The summed E-state index contributed by atoms with van der Waals surface area (Å²) in [6, 6.07) is 6.67. The first-order valence-electron chi connectivity index (χ1n) is 8.35. The van der Waals surface area contributed by atoms with Crippen LogP contribution in [0.1, 0.15) is 45.1 Å². The Morgan fingerprint density at radius 1 is 1.25 bits per heavy atom.